The Morgan fingerprint density at radius 1 is 1.14 bits per heavy atom. The third kappa shape index (κ3) is 5.07. The van der Waals surface area contributed by atoms with Crippen LogP contribution in [0.2, 0.25) is 0 Å². The van der Waals surface area contributed by atoms with Crippen molar-refractivity contribution in [2.45, 2.75) is 13.3 Å². The number of hydrogen-bond acceptors (Lipinski definition) is 2. The first-order chi connectivity index (χ1) is 10.7. The number of benzene rings is 2. The largest absolute Gasteiger partial charge is 0.491 e. The highest BCUT2D eigenvalue weighted by molar-refractivity contribution is 9.10. The Kier molecular flexibility index (Phi) is 6.27. The van der Waals surface area contributed by atoms with E-state index in [9.17, 15) is 4.79 Å². The lowest BCUT2D eigenvalue weighted by molar-refractivity contribution is 0.247. The van der Waals surface area contributed by atoms with E-state index in [0.29, 0.717) is 13.2 Å². The third-order valence-electron chi connectivity index (χ3n) is 3.10. The summed E-state index contributed by atoms with van der Waals surface area (Å²) >= 11 is 3.41. The van der Waals surface area contributed by atoms with Crippen molar-refractivity contribution in [1.82, 2.24) is 5.32 Å². The smallest absolute Gasteiger partial charge is 0.319 e. The van der Waals surface area contributed by atoms with Crippen molar-refractivity contribution in [1.29, 1.82) is 0 Å². The van der Waals surface area contributed by atoms with Gasteiger partial charge in [-0.15, -0.1) is 0 Å². The minimum atomic E-state index is -0.236. The lowest BCUT2D eigenvalue weighted by atomic mass is 10.1. The molecule has 0 fully saturated rings. The number of ether oxygens (including phenoxy) is 1. The van der Waals surface area contributed by atoms with Crippen molar-refractivity contribution >= 4 is 27.6 Å². The van der Waals surface area contributed by atoms with Gasteiger partial charge in [-0.3, -0.25) is 0 Å². The Morgan fingerprint density at radius 2 is 1.86 bits per heavy atom. The van der Waals surface area contributed by atoms with Crippen molar-refractivity contribution in [3.8, 4) is 5.75 Å². The van der Waals surface area contributed by atoms with Gasteiger partial charge in [-0.1, -0.05) is 31.2 Å². The molecule has 0 unspecified atom stereocenters. The third-order valence-corrected chi connectivity index (χ3v) is 3.76. The highest BCUT2D eigenvalue weighted by Crippen LogP contribution is 2.23. The normalized spacial score (nSPS) is 10.1. The molecule has 116 valence electrons. The summed E-state index contributed by atoms with van der Waals surface area (Å²) in [5.74, 6) is 0.764. The van der Waals surface area contributed by atoms with Gasteiger partial charge < -0.3 is 15.4 Å². The standard InChI is InChI=1S/C17H19BrN2O2/c1-2-13-7-9-14(10-8-13)20-17(21)19-11-12-22-16-6-4-3-5-15(16)18/h3-10H,2,11-12H2,1H3,(H2,19,20,21). The molecular weight excluding hydrogens is 344 g/mol. The van der Waals surface area contributed by atoms with Gasteiger partial charge in [0, 0.05) is 5.69 Å². The van der Waals surface area contributed by atoms with Gasteiger partial charge in [0.2, 0.25) is 0 Å². The number of para-hydroxylation sites is 1. The number of aryl methyl sites for hydroxylation is 1. The molecule has 0 radical (unpaired) electrons. The van der Waals surface area contributed by atoms with Crippen LogP contribution in [0, 0.1) is 0 Å². The summed E-state index contributed by atoms with van der Waals surface area (Å²) in [5, 5.41) is 5.55. The molecule has 0 aliphatic carbocycles. The number of hydrogen-bond donors (Lipinski definition) is 2. The number of anilines is 1. The zero-order valence-electron chi connectivity index (χ0n) is 12.4. The van der Waals surface area contributed by atoms with Crippen LogP contribution in [-0.4, -0.2) is 19.2 Å². The van der Waals surface area contributed by atoms with Crippen molar-refractivity contribution in [3.05, 3.63) is 58.6 Å². The summed E-state index contributed by atoms with van der Waals surface area (Å²) in [6, 6.07) is 15.2. The van der Waals surface area contributed by atoms with E-state index >= 15 is 0 Å². The highest BCUT2D eigenvalue weighted by atomic mass is 79.9. The molecule has 0 aromatic heterocycles. The molecule has 0 heterocycles. The van der Waals surface area contributed by atoms with Crippen LogP contribution in [-0.2, 0) is 6.42 Å². The van der Waals surface area contributed by atoms with Crippen LogP contribution in [0.4, 0.5) is 10.5 Å². The number of amides is 2. The first kappa shape index (κ1) is 16.4. The van der Waals surface area contributed by atoms with E-state index in [1.807, 2.05) is 48.5 Å². The zero-order valence-corrected chi connectivity index (χ0v) is 14.0. The van der Waals surface area contributed by atoms with Gasteiger partial charge in [-0.2, -0.15) is 0 Å². The molecular formula is C17H19BrN2O2. The van der Waals surface area contributed by atoms with Crippen LogP contribution in [0.3, 0.4) is 0 Å². The maximum atomic E-state index is 11.8. The fourth-order valence-corrected chi connectivity index (χ4v) is 2.29. The van der Waals surface area contributed by atoms with Crippen LogP contribution in [0.5, 0.6) is 5.75 Å². The Bertz CT molecular complexity index is 614. The molecule has 0 spiro atoms. The lowest BCUT2D eigenvalue weighted by Crippen LogP contribution is -2.32. The monoisotopic (exact) mass is 362 g/mol. The molecule has 22 heavy (non-hydrogen) atoms. The molecule has 0 atom stereocenters. The molecule has 0 aliphatic heterocycles. The number of carbonyl (C=O) groups is 1. The molecule has 2 rings (SSSR count). The minimum Gasteiger partial charge on any atom is -0.491 e. The summed E-state index contributed by atoms with van der Waals surface area (Å²) in [4.78, 5) is 11.8. The summed E-state index contributed by atoms with van der Waals surface area (Å²) in [6.45, 7) is 2.94. The Hall–Kier alpha value is -2.01. The lowest BCUT2D eigenvalue weighted by Gasteiger charge is -2.10. The molecule has 0 aliphatic rings. The Labute approximate surface area is 139 Å². The summed E-state index contributed by atoms with van der Waals surface area (Å²) in [6.07, 6.45) is 0.985. The molecule has 4 nitrogen and oxygen atoms in total. The van der Waals surface area contributed by atoms with Crippen molar-refractivity contribution in [2.75, 3.05) is 18.5 Å². The van der Waals surface area contributed by atoms with Gasteiger partial charge in [0.1, 0.15) is 12.4 Å². The quantitative estimate of drug-likeness (QED) is 0.756. The maximum Gasteiger partial charge on any atom is 0.319 e. The van der Waals surface area contributed by atoms with E-state index in [2.05, 4.69) is 33.5 Å². The number of rotatable bonds is 6. The molecule has 2 N–H and O–H groups in total. The summed E-state index contributed by atoms with van der Waals surface area (Å²) in [5.41, 5.74) is 2.02. The summed E-state index contributed by atoms with van der Waals surface area (Å²) < 4.78 is 6.48. The zero-order chi connectivity index (χ0) is 15.8. The second kappa shape index (κ2) is 8.44. The first-order valence-corrected chi connectivity index (χ1v) is 7.99. The fourth-order valence-electron chi connectivity index (χ4n) is 1.89. The van der Waals surface area contributed by atoms with E-state index in [1.165, 1.54) is 5.56 Å². The predicted molar refractivity (Wildman–Crippen MR) is 92.5 cm³/mol. The molecule has 0 saturated heterocycles. The van der Waals surface area contributed by atoms with Gasteiger partial charge in [-0.25, -0.2) is 4.79 Å². The van der Waals surface area contributed by atoms with Crippen LogP contribution in [0.15, 0.2) is 53.0 Å². The van der Waals surface area contributed by atoms with Crippen molar-refractivity contribution in [2.24, 2.45) is 0 Å². The Balaban J connectivity index is 1.70. The van der Waals surface area contributed by atoms with Crippen LogP contribution < -0.4 is 15.4 Å². The van der Waals surface area contributed by atoms with E-state index in [0.717, 1.165) is 22.3 Å². The maximum absolute atomic E-state index is 11.8. The van der Waals surface area contributed by atoms with Crippen LogP contribution in [0.1, 0.15) is 12.5 Å². The van der Waals surface area contributed by atoms with Crippen molar-refractivity contribution < 1.29 is 9.53 Å². The topological polar surface area (TPSA) is 50.4 Å². The van der Waals surface area contributed by atoms with E-state index < -0.39 is 0 Å². The molecule has 2 amide bonds. The highest BCUT2D eigenvalue weighted by Gasteiger charge is 2.02. The van der Waals surface area contributed by atoms with E-state index in [4.69, 9.17) is 4.74 Å². The van der Waals surface area contributed by atoms with E-state index in [1.54, 1.807) is 0 Å². The van der Waals surface area contributed by atoms with Gasteiger partial charge in [0.05, 0.1) is 11.0 Å². The van der Waals surface area contributed by atoms with Crippen LogP contribution >= 0.6 is 15.9 Å². The van der Waals surface area contributed by atoms with Gasteiger partial charge in [-0.05, 0) is 52.2 Å². The van der Waals surface area contributed by atoms with Crippen molar-refractivity contribution in [3.63, 3.8) is 0 Å². The molecule has 5 heteroatoms. The fraction of sp³-hybridized carbons (Fsp3) is 0.235. The SMILES string of the molecule is CCc1ccc(NC(=O)NCCOc2ccccc2Br)cc1. The second-order valence-corrected chi connectivity index (χ2v) is 5.56. The minimum absolute atomic E-state index is 0.236. The Morgan fingerprint density at radius 3 is 2.55 bits per heavy atom. The average molecular weight is 363 g/mol. The predicted octanol–water partition coefficient (Wildman–Crippen LogP) is 4.21. The second-order valence-electron chi connectivity index (χ2n) is 4.71. The number of carbonyl (C=O) groups excluding carboxylic acids is 1. The molecule has 2 aromatic rings. The number of nitrogens with one attached hydrogen (secondary N) is 2. The van der Waals surface area contributed by atoms with Crippen LogP contribution in [0.25, 0.3) is 0 Å². The first-order valence-electron chi connectivity index (χ1n) is 7.20. The van der Waals surface area contributed by atoms with E-state index in [-0.39, 0.29) is 6.03 Å². The van der Waals surface area contributed by atoms with Gasteiger partial charge in [0.15, 0.2) is 0 Å². The molecule has 0 bridgehead atoms. The number of halogens is 1. The van der Waals surface area contributed by atoms with Gasteiger partial charge in [0.25, 0.3) is 0 Å². The van der Waals surface area contributed by atoms with Gasteiger partial charge >= 0.3 is 6.03 Å². The molecule has 2 aromatic carbocycles. The number of urea groups is 1. The summed E-state index contributed by atoms with van der Waals surface area (Å²) in [7, 11) is 0. The molecule has 0 saturated carbocycles. The average Bonchev–Trinajstić information content (AvgIpc) is 2.54.